The zero-order valence-electron chi connectivity index (χ0n) is 10.6. The number of fused-ring (bicyclic) bond motifs is 1. The molecule has 1 aromatic rings. The Morgan fingerprint density at radius 2 is 2.33 bits per heavy atom. The number of hydrogen-bond donors (Lipinski definition) is 3. The SMILES string of the molecule is CC[C@@H](CO)NC(=O)CC1CNc2ccccc21. The zero-order chi connectivity index (χ0) is 13.0. The minimum absolute atomic E-state index is 0.00173. The standard InChI is InChI=1S/C14H20N2O2/c1-2-11(9-17)16-14(18)7-10-8-15-13-6-4-3-5-12(10)13/h3-6,10-11,15,17H,2,7-9H2,1H3,(H,16,18)/t10?,11-/m0/s1. The van der Waals surface area contributed by atoms with E-state index in [1.54, 1.807) is 0 Å². The van der Waals surface area contributed by atoms with Crippen LogP contribution in [0.2, 0.25) is 0 Å². The van der Waals surface area contributed by atoms with E-state index in [0.29, 0.717) is 6.42 Å². The number of benzene rings is 1. The predicted molar refractivity (Wildman–Crippen MR) is 71.6 cm³/mol. The third-order valence-electron chi connectivity index (χ3n) is 3.45. The lowest BCUT2D eigenvalue weighted by Crippen LogP contribution is -2.37. The van der Waals surface area contributed by atoms with E-state index in [4.69, 9.17) is 5.11 Å². The van der Waals surface area contributed by atoms with Gasteiger partial charge in [0.1, 0.15) is 0 Å². The van der Waals surface area contributed by atoms with Crippen LogP contribution in [0, 0.1) is 0 Å². The molecule has 0 bridgehead atoms. The van der Waals surface area contributed by atoms with Crippen molar-refractivity contribution in [3.8, 4) is 0 Å². The van der Waals surface area contributed by atoms with Crippen LogP contribution >= 0.6 is 0 Å². The van der Waals surface area contributed by atoms with Gasteiger partial charge in [-0.25, -0.2) is 0 Å². The van der Waals surface area contributed by atoms with Crippen molar-refractivity contribution in [2.45, 2.75) is 31.7 Å². The van der Waals surface area contributed by atoms with Crippen molar-refractivity contribution in [1.82, 2.24) is 5.32 Å². The Kier molecular flexibility index (Phi) is 4.20. The highest BCUT2D eigenvalue weighted by Crippen LogP contribution is 2.32. The van der Waals surface area contributed by atoms with Crippen LogP contribution in [0.25, 0.3) is 0 Å². The summed E-state index contributed by atoms with van der Waals surface area (Å²) in [5, 5.41) is 15.2. The molecule has 0 aliphatic carbocycles. The monoisotopic (exact) mass is 248 g/mol. The summed E-state index contributed by atoms with van der Waals surface area (Å²) in [6.45, 7) is 2.76. The van der Waals surface area contributed by atoms with E-state index < -0.39 is 0 Å². The van der Waals surface area contributed by atoms with Gasteiger partial charge in [0, 0.05) is 24.6 Å². The number of para-hydroxylation sites is 1. The van der Waals surface area contributed by atoms with Crippen LogP contribution in [-0.2, 0) is 4.79 Å². The second kappa shape index (κ2) is 5.87. The van der Waals surface area contributed by atoms with Gasteiger partial charge in [-0.15, -0.1) is 0 Å². The molecule has 0 aromatic heterocycles. The number of anilines is 1. The van der Waals surface area contributed by atoms with E-state index in [9.17, 15) is 4.79 Å². The van der Waals surface area contributed by atoms with E-state index in [1.807, 2.05) is 25.1 Å². The first-order valence-corrected chi connectivity index (χ1v) is 6.47. The van der Waals surface area contributed by atoms with E-state index in [-0.39, 0.29) is 24.5 Å². The van der Waals surface area contributed by atoms with E-state index >= 15 is 0 Å². The first kappa shape index (κ1) is 12.9. The average molecular weight is 248 g/mol. The molecule has 0 fully saturated rings. The van der Waals surface area contributed by atoms with E-state index in [0.717, 1.165) is 18.7 Å². The summed E-state index contributed by atoms with van der Waals surface area (Å²) >= 11 is 0. The summed E-state index contributed by atoms with van der Waals surface area (Å²) in [5.41, 5.74) is 2.34. The molecule has 2 atom stereocenters. The van der Waals surface area contributed by atoms with Gasteiger partial charge in [0.05, 0.1) is 12.6 Å². The maximum Gasteiger partial charge on any atom is 0.220 e. The van der Waals surface area contributed by atoms with E-state index in [2.05, 4.69) is 16.7 Å². The number of amides is 1. The molecular weight excluding hydrogens is 228 g/mol. The fourth-order valence-electron chi connectivity index (χ4n) is 2.33. The maximum absolute atomic E-state index is 11.9. The fourth-order valence-corrected chi connectivity index (χ4v) is 2.33. The van der Waals surface area contributed by atoms with Crippen LogP contribution in [0.5, 0.6) is 0 Å². The molecule has 0 spiro atoms. The van der Waals surface area contributed by atoms with Crippen molar-refractivity contribution >= 4 is 11.6 Å². The molecule has 18 heavy (non-hydrogen) atoms. The number of carbonyl (C=O) groups is 1. The highest BCUT2D eigenvalue weighted by molar-refractivity contribution is 5.78. The van der Waals surface area contributed by atoms with Gasteiger partial charge in [-0.05, 0) is 18.1 Å². The number of aliphatic hydroxyl groups excluding tert-OH is 1. The first-order valence-electron chi connectivity index (χ1n) is 6.47. The third kappa shape index (κ3) is 2.82. The summed E-state index contributed by atoms with van der Waals surface area (Å²) in [4.78, 5) is 11.9. The van der Waals surface area contributed by atoms with Gasteiger partial charge in [0.25, 0.3) is 0 Å². The molecule has 4 heteroatoms. The summed E-state index contributed by atoms with van der Waals surface area (Å²) in [6, 6.07) is 7.97. The Morgan fingerprint density at radius 1 is 1.56 bits per heavy atom. The minimum Gasteiger partial charge on any atom is -0.394 e. The number of carbonyl (C=O) groups excluding carboxylic acids is 1. The molecule has 1 aliphatic heterocycles. The summed E-state index contributed by atoms with van der Waals surface area (Å²) in [5.74, 6) is 0.247. The van der Waals surface area contributed by atoms with Crippen molar-refractivity contribution in [2.24, 2.45) is 0 Å². The highest BCUT2D eigenvalue weighted by Gasteiger charge is 2.24. The van der Waals surface area contributed by atoms with Crippen molar-refractivity contribution in [1.29, 1.82) is 0 Å². The lowest BCUT2D eigenvalue weighted by Gasteiger charge is -2.16. The van der Waals surface area contributed by atoms with Gasteiger partial charge in [-0.3, -0.25) is 4.79 Å². The Bertz CT molecular complexity index is 416. The molecule has 1 heterocycles. The summed E-state index contributed by atoms with van der Waals surface area (Å²) in [6.07, 6.45) is 1.22. The number of hydrogen-bond acceptors (Lipinski definition) is 3. The number of rotatable bonds is 5. The molecule has 98 valence electrons. The molecule has 0 saturated heterocycles. The molecule has 0 saturated carbocycles. The topological polar surface area (TPSA) is 61.4 Å². The molecule has 1 aliphatic rings. The smallest absolute Gasteiger partial charge is 0.220 e. The Labute approximate surface area is 107 Å². The number of aliphatic hydroxyl groups is 1. The molecular formula is C14H20N2O2. The molecule has 1 amide bonds. The average Bonchev–Trinajstić information content (AvgIpc) is 2.79. The van der Waals surface area contributed by atoms with Gasteiger partial charge in [0.15, 0.2) is 0 Å². The van der Waals surface area contributed by atoms with Gasteiger partial charge >= 0.3 is 0 Å². The van der Waals surface area contributed by atoms with Crippen LogP contribution in [0.1, 0.15) is 31.2 Å². The minimum atomic E-state index is -0.123. The van der Waals surface area contributed by atoms with Crippen LogP contribution in [0.15, 0.2) is 24.3 Å². The van der Waals surface area contributed by atoms with Gasteiger partial charge < -0.3 is 15.7 Å². The van der Waals surface area contributed by atoms with E-state index in [1.165, 1.54) is 5.56 Å². The molecule has 0 radical (unpaired) electrons. The van der Waals surface area contributed by atoms with Crippen molar-refractivity contribution in [3.05, 3.63) is 29.8 Å². The number of nitrogens with one attached hydrogen (secondary N) is 2. The van der Waals surface area contributed by atoms with Gasteiger partial charge in [0.2, 0.25) is 5.91 Å². The zero-order valence-corrected chi connectivity index (χ0v) is 10.6. The van der Waals surface area contributed by atoms with Gasteiger partial charge in [-0.2, -0.15) is 0 Å². The second-order valence-electron chi connectivity index (χ2n) is 4.72. The van der Waals surface area contributed by atoms with Crippen LogP contribution in [-0.4, -0.2) is 30.2 Å². The van der Waals surface area contributed by atoms with Crippen molar-refractivity contribution < 1.29 is 9.90 Å². The normalized spacial score (nSPS) is 18.9. The third-order valence-corrected chi connectivity index (χ3v) is 3.45. The Morgan fingerprint density at radius 3 is 3.06 bits per heavy atom. The second-order valence-corrected chi connectivity index (χ2v) is 4.72. The quantitative estimate of drug-likeness (QED) is 0.739. The van der Waals surface area contributed by atoms with Crippen molar-refractivity contribution in [2.75, 3.05) is 18.5 Å². The van der Waals surface area contributed by atoms with Crippen LogP contribution in [0.4, 0.5) is 5.69 Å². The summed E-state index contributed by atoms with van der Waals surface area (Å²) < 4.78 is 0. The lowest BCUT2D eigenvalue weighted by molar-refractivity contribution is -0.122. The first-order chi connectivity index (χ1) is 8.74. The molecule has 3 N–H and O–H groups in total. The molecule has 1 unspecified atom stereocenters. The van der Waals surface area contributed by atoms with Crippen LogP contribution < -0.4 is 10.6 Å². The largest absolute Gasteiger partial charge is 0.394 e. The Hall–Kier alpha value is -1.55. The highest BCUT2D eigenvalue weighted by atomic mass is 16.3. The predicted octanol–water partition coefficient (Wildman–Crippen LogP) is 1.47. The molecule has 2 rings (SSSR count). The molecule has 4 nitrogen and oxygen atoms in total. The van der Waals surface area contributed by atoms with Crippen molar-refractivity contribution in [3.63, 3.8) is 0 Å². The van der Waals surface area contributed by atoms with Gasteiger partial charge in [-0.1, -0.05) is 25.1 Å². The fraction of sp³-hybridized carbons (Fsp3) is 0.500. The lowest BCUT2D eigenvalue weighted by atomic mass is 9.97. The maximum atomic E-state index is 11.9. The molecule has 1 aromatic carbocycles. The summed E-state index contributed by atoms with van der Waals surface area (Å²) in [7, 11) is 0. The Balaban J connectivity index is 1.93. The van der Waals surface area contributed by atoms with Crippen LogP contribution in [0.3, 0.4) is 0 Å².